The molecule has 0 aliphatic rings. The summed E-state index contributed by atoms with van der Waals surface area (Å²) < 4.78 is 44.3. The van der Waals surface area contributed by atoms with Gasteiger partial charge in [-0.1, -0.05) is 35.4 Å². The van der Waals surface area contributed by atoms with Crippen LogP contribution in [-0.2, 0) is 37.9 Å². The molecule has 0 aromatic rings. The minimum absolute atomic E-state index is 0.0349. The van der Waals surface area contributed by atoms with Crippen LogP contribution in [0.1, 0.15) is 25.7 Å². The quantitative estimate of drug-likeness (QED) is 0.0812. The van der Waals surface area contributed by atoms with Crippen molar-refractivity contribution in [3.05, 3.63) is 0 Å². The third-order valence-corrected chi connectivity index (χ3v) is 4.77. The summed E-state index contributed by atoms with van der Waals surface area (Å²) in [5, 5.41) is 8.54. The first-order chi connectivity index (χ1) is 15.9. The maximum Gasteiger partial charge on any atom is 0.0701 e. The summed E-state index contributed by atoms with van der Waals surface area (Å²) in [7, 11) is 0. The molecule has 0 saturated heterocycles. The molecule has 0 aliphatic heterocycles. The van der Waals surface area contributed by atoms with Gasteiger partial charge in [0.1, 0.15) is 0 Å². The van der Waals surface area contributed by atoms with Crippen molar-refractivity contribution in [2.45, 2.75) is 25.7 Å². The van der Waals surface area contributed by atoms with E-state index in [4.69, 9.17) is 43.0 Å². The Kier molecular flexibility index (Phi) is 31.7. The molecule has 0 heterocycles. The molecular weight excluding hydrogens is 535 g/mol. The number of aliphatic hydroxyl groups excluding tert-OH is 1. The lowest BCUT2D eigenvalue weighted by atomic mass is 10.2. The Labute approximate surface area is 207 Å². The Hall–Kier alpha value is 0.370. The average Bonchev–Trinajstić information content (AvgIpc) is 2.81. The van der Waals surface area contributed by atoms with Crippen LogP contribution in [0, 0.1) is 0 Å². The zero-order chi connectivity index (χ0) is 23.2. The van der Waals surface area contributed by atoms with Crippen molar-refractivity contribution < 1.29 is 43.0 Å². The smallest absolute Gasteiger partial charge is 0.0701 e. The molecule has 1 N–H and O–H groups in total. The van der Waals surface area contributed by atoms with Crippen molar-refractivity contribution in [2.24, 2.45) is 0 Å². The number of hydrogen-bond donors (Lipinski definition) is 1. The zero-order valence-electron chi connectivity index (χ0n) is 19.6. The van der Waals surface area contributed by atoms with Gasteiger partial charge in [-0.25, -0.2) is 0 Å². The largest absolute Gasteiger partial charge is 0.394 e. The van der Waals surface area contributed by atoms with Gasteiger partial charge in [0.05, 0.1) is 106 Å². The van der Waals surface area contributed by atoms with Crippen molar-refractivity contribution in [3.63, 3.8) is 0 Å². The van der Waals surface area contributed by atoms with Gasteiger partial charge < -0.3 is 43.0 Å². The van der Waals surface area contributed by atoms with Gasteiger partial charge >= 0.3 is 0 Å². The van der Waals surface area contributed by atoms with Crippen LogP contribution in [0.15, 0.2) is 0 Å². The Bertz CT molecular complexity index is 298. The normalized spacial score (nSPS) is 11.4. The number of unbranched alkanes of at least 4 members (excludes halogenated alkanes) is 3. The number of ether oxygens (including phenoxy) is 8. The SMILES string of the molecule is OCCOCCOCCOCCOCCOCCOCCOCCOCCCCCCI. The maximum absolute atomic E-state index is 8.54. The lowest BCUT2D eigenvalue weighted by Crippen LogP contribution is -2.15. The molecule has 0 aliphatic carbocycles. The highest BCUT2D eigenvalue weighted by Crippen LogP contribution is 2.02. The Morgan fingerprint density at radius 2 is 0.625 bits per heavy atom. The van der Waals surface area contributed by atoms with Crippen molar-refractivity contribution in [1.29, 1.82) is 0 Å². The first-order valence-corrected chi connectivity index (χ1v) is 13.2. The van der Waals surface area contributed by atoms with Crippen molar-refractivity contribution in [2.75, 3.05) is 117 Å². The van der Waals surface area contributed by atoms with E-state index in [9.17, 15) is 0 Å². The van der Waals surface area contributed by atoms with E-state index < -0.39 is 0 Å². The van der Waals surface area contributed by atoms with Crippen molar-refractivity contribution in [3.8, 4) is 0 Å². The third kappa shape index (κ3) is 30.4. The van der Waals surface area contributed by atoms with Crippen LogP contribution in [-0.4, -0.2) is 122 Å². The summed E-state index contributed by atoms with van der Waals surface area (Å²) in [4.78, 5) is 0. The number of aliphatic hydroxyl groups is 1. The Morgan fingerprint density at radius 1 is 0.344 bits per heavy atom. The van der Waals surface area contributed by atoms with Crippen LogP contribution in [0.3, 0.4) is 0 Å². The highest BCUT2D eigenvalue weighted by Gasteiger charge is 1.95. The predicted octanol–water partition coefficient (Wildman–Crippen LogP) is 2.11. The average molecular weight is 580 g/mol. The molecule has 10 heteroatoms. The van der Waals surface area contributed by atoms with E-state index in [1.54, 1.807) is 0 Å². The van der Waals surface area contributed by atoms with E-state index in [1.165, 1.54) is 23.7 Å². The fourth-order valence-corrected chi connectivity index (χ4v) is 2.90. The second-order valence-electron chi connectivity index (χ2n) is 6.73. The third-order valence-electron chi connectivity index (χ3n) is 4.01. The number of hydrogen-bond acceptors (Lipinski definition) is 9. The highest BCUT2D eigenvalue weighted by atomic mass is 127. The van der Waals surface area contributed by atoms with Crippen LogP contribution >= 0.6 is 22.6 Å². The second kappa shape index (κ2) is 31.4. The van der Waals surface area contributed by atoms with E-state index in [1.807, 2.05) is 0 Å². The van der Waals surface area contributed by atoms with Gasteiger partial charge in [-0.15, -0.1) is 0 Å². The van der Waals surface area contributed by atoms with Gasteiger partial charge in [0, 0.05) is 6.61 Å². The molecule has 0 saturated carbocycles. The molecule has 0 unspecified atom stereocenters. The second-order valence-corrected chi connectivity index (χ2v) is 7.80. The summed E-state index contributed by atoms with van der Waals surface area (Å²) in [5.74, 6) is 0. The molecular formula is C22H45IO9. The van der Waals surface area contributed by atoms with E-state index >= 15 is 0 Å². The predicted molar refractivity (Wildman–Crippen MR) is 131 cm³/mol. The standard InChI is InChI=1S/C22H45IO9/c23-5-3-1-2-4-7-25-9-11-27-13-15-29-17-19-31-21-22-32-20-18-30-16-14-28-12-10-26-8-6-24/h24H,1-22H2. The summed E-state index contributed by atoms with van der Waals surface area (Å²) in [5.41, 5.74) is 0. The minimum Gasteiger partial charge on any atom is -0.394 e. The zero-order valence-corrected chi connectivity index (χ0v) is 21.8. The Balaban J connectivity index is 2.98. The molecule has 32 heavy (non-hydrogen) atoms. The summed E-state index contributed by atoms with van der Waals surface area (Å²) in [6.07, 6.45) is 4.99. The molecule has 194 valence electrons. The summed E-state index contributed by atoms with van der Waals surface area (Å²) in [6.45, 7) is 8.83. The van der Waals surface area contributed by atoms with E-state index in [2.05, 4.69) is 22.6 Å². The van der Waals surface area contributed by atoms with E-state index in [0.717, 1.165) is 13.0 Å². The van der Waals surface area contributed by atoms with Crippen LogP contribution in [0.25, 0.3) is 0 Å². The molecule has 0 aromatic heterocycles. The van der Waals surface area contributed by atoms with Crippen LogP contribution < -0.4 is 0 Å². The van der Waals surface area contributed by atoms with Gasteiger partial charge in [-0.2, -0.15) is 0 Å². The van der Waals surface area contributed by atoms with E-state index in [0.29, 0.717) is 99.1 Å². The van der Waals surface area contributed by atoms with Crippen LogP contribution in [0.4, 0.5) is 0 Å². The molecule has 0 aromatic carbocycles. The minimum atomic E-state index is 0.0349. The summed E-state index contributed by atoms with van der Waals surface area (Å²) in [6, 6.07) is 0. The molecule has 0 radical (unpaired) electrons. The van der Waals surface area contributed by atoms with Gasteiger partial charge in [-0.3, -0.25) is 0 Å². The van der Waals surface area contributed by atoms with Gasteiger partial charge in [0.15, 0.2) is 0 Å². The lowest BCUT2D eigenvalue weighted by molar-refractivity contribution is -0.0238. The van der Waals surface area contributed by atoms with Gasteiger partial charge in [0.25, 0.3) is 0 Å². The fraction of sp³-hybridized carbons (Fsp3) is 1.00. The van der Waals surface area contributed by atoms with Crippen molar-refractivity contribution >= 4 is 22.6 Å². The first-order valence-electron chi connectivity index (χ1n) is 11.7. The molecule has 0 spiro atoms. The fourth-order valence-electron chi connectivity index (χ4n) is 2.36. The van der Waals surface area contributed by atoms with E-state index in [-0.39, 0.29) is 6.61 Å². The number of alkyl halides is 1. The van der Waals surface area contributed by atoms with Crippen molar-refractivity contribution in [1.82, 2.24) is 0 Å². The maximum atomic E-state index is 8.54. The van der Waals surface area contributed by atoms with Crippen LogP contribution in [0.5, 0.6) is 0 Å². The summed E-state index contributed by atoms with van der Waals surface area (Å²) >= 11 is 2.42. The molecule has 0 fully saturated rings. The number of rotatable bonds is 29. The lowest BCUT2D eigenvalue weighted by Gasteiger charge is -2.08. The monoisotopic (exact) mass is 580 g/mol. The Morgan fingerprint density at radius 3 is 0.938 bits per heavy atom. The van der Waals surface area contributed by atoms with Crippen LogP contribution in [0.2, 0.25) is 0 Å². The van der Waals surface area contributed by atoms with Gasteiger partial charge in [-0.05, 0) is 17.3 Å². The number of halogens is 1. The first kappa shape index (κ1) is 32.4. The molecule has 0 amide bonds. The molecule has 9 nitrogen and oxygen atoms in total. The molecule has 0 bridgehead atoms. The highest BCUT2D eigenvalue weighted by molar-refractivity contribution is 14.1. The van der Waals surface area contributed by atoms with Gasteiger partial charge in [0.2, 0.25) is 0 Å². The molecule has 0 rings (SSSR count). The molecule has 0 atom stereocenters. The topological polar surface area (TPSA) is 94.1 Å².